The number of nitrogens with one attached hydrogen (secondary N) is 1. The molecule has 0 radical (unpaired) electrons. The minimum absolute atomic E-state index is 0.0777. The van der Waals surface area contributed by atoms with Crippen molar-refractivity contribution in [1.29, 1.82) is 0 Å². The van der Waals surface area contributed by atoms with Gasteiger partial charge in [0.15, 0.2) is 0 Å². The van der Waals surface area contributed by atoms with Crippen molar-refractivity contribution in [2.45, 2.75) is 12.8 Å². The van der Waals surface area contributed by atoms with E-state index in [2.05, 4.69) is 5.32 Å². The molecule has 16 heavy (non-hydrogen) atoms. The standard InChI is InChI=1S/C11H15ClN2O2/c1-16-6-2-3-11(15)14-10-5-4-8(12)7-9(10)13/h4-5,7H,2-3,6,13H2,1H3,(H,14,15). The van der Waals surface area contributed by atoms with Gasteiger partial charge in [0.2, 0.25) is 5.91 Å². The van der Waals surface area contributed by atoms with Crippen molar-refractivity contribution in [2.75, 3.05) is 24.8 Å². The Morgan fingerprint density at radius 3 is 2.94 bits per heavy atom. The summed E-state index contributed by atoms with van der Waals surface area (Å²) in [5.74, 6) is -0.0777. The van der Waals surface area contributed by atoms with Crippen LogP contribution in [0.3, 0.4) is 0 Å². The van der Waals surface area contributed by atoms with Gasteiger partial charge in [0.25, 0.3) is 0 Å². The van der Waals surface area contributed by atoms with Crippen LogP contribution in [0.4, 0.5) is 11.4 Å². The second-order valence-corrected chi connectivity index (χ2v) is 3.81. The third-order valence-corrected chi connectivity index (χ3v) is 2.28. The number of carbonyl (C=O) groups excluding carboxylic acids is 1. The van der Waals surface area contributed by atoms with E-state index in [9.17, 15) is 4.79 Å². The average molecular weight is 243 g/mol. The van der Waals surface area contributed by atoms with Crippen LogP contribution >= 0.6 is 11.6 Å². The van der Waals surface area contributed by atoms with E-state index < -0.39 is 0 Å². The van der Waals surface area contributed by atoms with Crippen LogP contribution in [0.15, 0.2) is 18.2 Å². The molecule has 88 valence electrons. The van der Waals surface area contributed by atoms with Gasteiger partial charge in [-0.05, 0) is 24.6 Å². The lowest BCUT2D eigenvalue weighted by Gasteiger charge is -2.08. The molecule has 4 nitrogen and oxygen atoms in total. The van der Waals surface area contributed by atoms with E-state index in [0.29, 0.717) is 35.8 Å². The average Bonchev–Trinajstić information content (AvgIpc) is 2.23. The number of hydrogen-bond acceptors (Lipinski definition) is 3. The van der Waals surface area contributed by atoms with Crippen LogP contribution in [0.5, 0.6) is 0 Å². The Labute approximate surface area is 99.7 Å². The van der Waals surface area contributed by atoms with Crippen LogP contribution in [0, 0.1) is 0 Å². The molecule has 1 aromatic carbocycles. The highest BCUT2D eigenvalue weighted by molar-refractivity contribution is 6.31. The minimum Gasteiger partial charge on any atom is -0.397 e. The fourth-order valence-corrected chi connectivity index (χ4v) is 1.42. The first-order chi connectivity index (χ1) is 7.63. The SMILES string of the molecule is COCCCC(=O)Nc1ccc(Cl)cc1N. The molecule has 5 heteroatoms. The number of anilines is 2. The number of nitrogens with two attached hydrogens (primary N) is 1. The normalized spacial score (nSPS) is 10.1. The maximum Gasteiger partial charge on any atom is 0.224 e. The highest BCUT2D eigenvalue weighted by atomic mass is 35.5. The monoisotopic (exact) mass is 242 g/mol. The molecule has 0 atom stereocenters. The van der Waals surface area contributed by atoms with Crippen LogP contribution in [0.1, 0.15) is 12.8 Å². The predicted octanol–water partition coefficient (Wildman–Crippen LogP) is 2.29. The van der Waals surface area contributed by atoms with Gasteiger partial charge >= 0.3 is 0 Å². The zero-order chi connectivity index (χ0) is 12.0. The number of amides is 1. The highest BCUT2D eigenvalue weighted by Crippen LogP contribution is 2.22. The molecule has 1 aromatic rings. The number of carbonyl (C=O) groups is 1. The van der Waals surface area contributed by atoms with Crippen LogP contribution in [0.2, 0.25) is 5.02 Å². The lowest BCUT2D eigenvalue weighted by atomic mass is 10.2. The first-order valence-corrected chi connectivity index (χ1v) is 5.35. The van der Waals surface area contributed by atoms with Gasteiger partial charge in [-0.3, -0.25) is 4.79 Å². The van der Waals surface area contributed by atoms with E-state index in [1.165, 1.54) is 0 Å². The topological polar surface area (TPSA) is 64.3 Å². The smallest absolute Gasteiger partial charge is 0.224 e. The van der Waals surface area contributed by atoms with Crippen molar-refractivity contribution in [3.63, 3.8) is 0 Å². The summed E-state index contributed by atoms with van der Waals surface area (Å²) < 4.78 is 4.86. The summed E-state index contributed by atoms with van der Waals surface area (Å²) in [5, 5.41) is 3.27. The molecule has 3 N–H and O–H groups in total. The number of nitrogen functional groups attached to an aromatic ring is 1. The summed E-state index contributed by atoms with van der Waals surface area (Å²) in [5.41, 5.74) is 6.76. The van der Waals surface area contributed by atoms with E-state index in [1.54, 1.807) is 25.3 Å². The molecule has 0 aliphatic heterocycles. The molecular weight excluding hydrogens is 228 g/mol. The Morgan fingerprint density at radius 1 is 1.56 bits per heavy atom. The van der Waals surface area contributed by atoms with E-state index in [-0.39, 0.29) is 5.91 Å². The van der Waals surface area contributed by atoms with Crippen LogP contribution in [-0.4, -0.2) is 19.6 Å². The summed E-state index contributed by atoms with van der Waals surface area (Å²) >= 11 is 5.75. The second-order valence-electron chi connectivity index (χ2n) is 3.38. The fourth-order valence-electron chi connectivity index (χ4n) is 1.24. The van der Waals surface area contributed by atoms with Gasteiger partial charge in [-0.2, -0.15) is 0 Å². The van der Waals surface area contributed by atoms with Crippen molar-refractivity contribution in [3.8, 4) is 0 Å². The van der Waals surface area contributed by atoms with Crippen LogP contribution in [-0.2, 0) is 9.53 Å². The van der Waals surface area contributed by atoms with Crippen molar-refractivity contribution in [2.24, 2.45) is 0 Å². The molecule has 0 spiro atoms. The molecule has 0 saturated heterocycles. The highest BCUT2D eigenvalue weighted by Gasteiger charge is 2.05. The largest absolute Gasteiger partial charge is 0.397 e. The molecule has 0 aliphatic carbocycles. The van der Waals surface area contributed by atoms with Gasteiger partial charge in [-0.25, -0.2) is 0 Å². The van der Waals surface area contributed by atoms with Crippen molar-refractivity contribution < 1.29 is 9.53 Å². The quantitative estimate of drug-likeness (QED) is 0.615. The number of halogens is 1. The minimum atomic E-state index is -0.0777. The Kier molecular flexibility index (Phi) is 5.08. The summed E-state index contributed by atoms with van der Waals surface area (Å²) in [4.78, 5) is 11.5. The van der Waals surface area contributed by atoms with Crippen LogP contribution < -0.4 is 11.1 Å². The maximum atomic E-state index is 11.5. The third-order valence-electron chi connectivity index (χ3n) is 2.04. The molecule has 0 heterocycles. The second kappa shape index (κ2) is 6.35. The summed E-state index contributed by atoms with van der Waals surface area (Å²) in [6, 6.07) is 4.97. The first kappa shape index (κ1) is 12.8. The molecule has 0 aliphatic rings. The predicted molar refractivity (Wildman–Crippen MR) is 65.6 cm³/mol. The molecule has 0 bridgehead atoms. The van der Waals surface area contributed by atoms with E-state index >= 15 is 0 Å². The van der Waals surface area contributed by atoms with Gasteiger partial charge in [-0.1, -0.05) is 11.6 Å². The Morgan fingerprint density at radius 2 is 2.31 bits per heavy atom. The molecule has 1 amide bonds. The van der Waals surface area contributed by atoms with Gasteiger partial charge in [0.05, 0.1) is 11.4 Å². The number of benzene rings is 1. The number of methoxy groups -OCH3 is 1. The van der Waals surface area contributed by atoms with Gasteiger partial charge in [0.1, 0.15) is 0 Å². The maximum absolute atomic E-state index is 11.5. The van der Waals surface area contributed by atoms with E-state index in [4.69, 9.17) is 22.1 Å². The van der Waals surface area contributed by atoms with Crippen molar-refractivity contribution in [1.82, 2.24) is 0 Å². The number of rotatable bonds is 5. The fraction of sp³-hybridized carbons (Fsp3) is 0.364. The molecule has 0 saturated carbocycles. The Bertz CT molecular complexity index is 369. The van der Waals surface area contributed by atoms with E-state index in [1.807, 2.05) is 0 Å². The zero-order valence-corrected chi connectivity index (χ0v) is 9.88. The van der Waals surface area contributed by atoms with Gasteiger partial charge in [0, 0.05) is 25.2 Å². The molecule has 0 fully saturated rings. The Balaban J connectivity index is 2.49. The number of hydrogen-bond donors (Lipinski definition) is 2. The molecular formula is C11H15ClN2O2. The van der Waals surface area contributed by atoms with E-state index in [0.717, 1.165) is 0 Å². The lowest BCUT2D eigenvalue weighted by Crippen LogP contribution is -2.13. The first-order valence-electron chi connectivity index (χ1n) is 4.97. The molecule has 0 unspecified atom stereocenters. The molecule has 1 rings (SSSR count). The Hall–Kier alpha value is -1.26. The third kappa shape index (κ3) is 4.08. The lowest BCUT2D eigenvalue weighted by molar-refractivity contribution is -0.116. The van der Waals surface area contributed by atoms with Crippen molar-refractivity contribution >= 4 is 28.9 Å². The van der Waals surface area contributed by atoms with Gasteiger partial charge in [-0.15, -0.1) is 0 Å². The summed E-state index contributed by atoms with van der Waals surface area (Å²) in [7, 11) is 1.61. The van der Waals surface area contributed by atoms with Crippen LogP contribution in [0.25, 0.3) is 0 Å². The molecule has 0 aromatic heterocycles. The van der Waals surface area contributed by atoms with Gasteiger partial charge < -0.3 is 15.8 Å². The summed E-state index contributed by atoms with van der Waals surface area (Å²) in [6.07, 6.45) is 1.10. The van der Waals surface area contributed by atoms with Crippen molar-refractivity contribution in [3.05, 3.63) is 23.2 Å². The number of ether oxygens (including phenoxy) is 1. The zero-order valence-electron chi connectivity index (χ0n) is 9.13. The summed E-state index contributed by atoms with van der Waals surface area (Å²) in [6.45, 7) is 0.573.